The summed E-state index contributed by atoms with van der Waals surface area (Å²) >= 11 is 6.06. The summed E-state index contributed by atoms with van der Waals surface area (Å²) in [5.74, 6) is 0.723. The number of aromatic nitrogens is 1. The third kappa shape index (κ3) is 3.37. The van der Waals surface area contributed by atoms with E-state index in [2.05, 4.69) is 16.8 Å². The predicted molar refractivity (Wildman–Crippen MR) is 102 cm³/mol. The van der Waals surface area contributed by atoms with Crippen molar-refractivity contribution in [1.29, 1.82) is 0 Å². The Labute approximate surface area is 152 Å². The Morgan fingerprint density at radius 3 is 2.68 bits per heavy atom. The van der Waals surface area contributed by atoms with E-state index < -0.39 is 0 Å². The van der Waals surface area contributed by atoms with Gasteiger partial charge in [0.05, 0.1) is 5.69 Å². The fraction of sp³-hybridized carbons (Fsp3) is 0.350. The van der Waals surface area contributed by atoms with E-state index in [0.717, 1.165) is 29.4 Å². The molecular formula is C20H22ClN3O. The molecule has 0 spiro atoms. The molecule has 3 aliphatic heterocycles. The van der Waals surface area contributed by atoms with Crippen LogP contribution in [0.15, 0.2) is 54.0 Å². The van der Waals surface area contributed by atoms with E-state index in [-0.39, 0.29) is 5.56 Å². The van der Waals surface area contributed by atoms with Crippen molar-refractivity contribution in [2.75, 3.05) is 19.6 Å². The van der Waals surface area contributed by atoms with Gasteiger partial charge in [-0.3, -0.25) is 9.36 Å². The highest BCUT2D eigenvalue weighted by atomic mass is 35.5. The molecule has 3 saturated heterocycles. The molecule has 0 radical (unpaired) electrons. The predicted octanol–water partition coefficient (Wildman–Crippen LogP) is 3.15. The van der Waals surface area contributed by atoms with E-state index in [1.807, 2.05) is 24.4 Å². The molecule has 130 valence electrons. The molecule has 0 amide bonds. The Kier molecular flexibility index (Phi) is 4.40. The average Bonchev–Trinajstić information content (AvgIpc) is 2.63. The highest BCUT2D eigenvalue weighted by Gasteiger charge is 2.34. The summed E-state index contributed by atoms with van der Waals surface area (Å²) in [6, 6.07) is 11.2. The van der Waals surface area contributed by atoms with Crippen LogP contribution in [0.5, 0.6) is 0 Å². The number of pyridine rings is 1. The Hall–Kier alpha value is -2.04. The van der Waals surface area contributed by atoms with E-state index >= 15 is 0 Å². The Bertz CT molecular complexity index is 852. The van der Waals surface area contributed by atoms with Crippen LogP contribution in [0.2, 0.25) is 5.02 Å². The third-order valence-electron chi connectivity index (χ3n) is 5.36. The van der Waals surface area contributed by atoms with Crippen LogP contribution in [0.25, 0.3) is 11.4 Å². The number of halogens is 1. The van der Waals surface area contributed by atoms with Crippen molar-refractivity contribution in [1.82, 2.24) is 14.8 Å². The highest BCUT2D eigenvalue weighted by Crippen LogP contribution is 2.28. The lowest BCUT2D eigenvalue weighted by Gasteiger charge is -2.45. The molecule has 1 N–H and O–H groups in total. The molecule has 2 bridgehead atoms. The number of nitrogens with one attached hydrogen (secondary N) is 1. The van der Waals surface area contributed by atoms with E-state index in [9.17, 15) is 4.79 Å². The minimum atomic E-state index is -0.0818. The van der Waals surface area contributed by atoms with Crippen molar-refractivity contribution in [3.63, 3.8) is 0 Å². The Morgan fingerprint density at radius 2 is 2.00 bits per heavy atom. The lowest BCUT2D eigenvalue weighted by Crippen LogP contribution is -2.55. The lowest BCUT2D eigenvalue weighted by molar-refractivity contribution is 0.0801. The van der Waals surface area contributed by atoms with Crippen molar-refractivity contribution in [2.45, 2.75) is 18.9 Å². The van der Waals surface area contributed by atoms with Gasteiger partial charge in [-0.1, -0.05) is 24.2 Å². The number of hydrogen-bond donors (Lipinski definition) is 1. The summed E-state index contributed by atoms with van der Waals surface area (Å²) in [5, 5.41) is 4.21. The summed E-state index contributed by atoms with van der Waals surface area (Å²) < 4.78 is 1.62. The molecule has 3 fully saturated rings. The van der Waals surface area contributed by atoms with Gasteiger partial charge in [0.15, 0.2) is 0 Å². The number of nitrogens with zero attached hydrogens (tertiary/aromatic N) is 2. The van der Waals surface area contributed by atoms with Crippen LogP contribution in [0, 0.1) is 5.92 Å². The average molecular weight is 356 g/mol. The molecule has 0 aliphatic carbocycles. The second kappa shape index (κ2) is 6.70. The fourth-order valence-corrected chi connectivity index (χ4v) is 4.11. The smallest absolute Gasteiger partial charge is 0.255 e. The largest absolute Gasteiger partial charge is 0.381 e. The van der Waals surface area contributed by atoms with Crippen molar-refractivity contribution < 1.29 is 0 Å². The van der Waals surface area contributed by atoms with Crippen LogP contribution in [-0.2, 0) is 0 Å². The van der Waals surface area contributed by atoms with E-state index in [4.69, 9.17) is 11.6 Å². The second-order valence-electron chi connectivity index (χ2n) is 6.97. The Morgan fingerprint density at radius 1 is 1.20 bits per heavy atom. The molecule has 1 atom stereocenters. The summed E-state index contributed by atoms with van der Waals surface area (Å²) in [6.07, 6.45) is 4.35. The van der Waals surface area contributed by atoms with Gasteiger partial charge in [0.1, 0.15) is 0 Å². The summed E-state index contributed by atoms with van der Waals surface area (Å²) in [4.78, 5) is 14.8. The Balaban J connectivity index is 1.57. The van der Waals surface area contributed by atoms with Gasteiger partial charge in [-0.05, 0) is 56.1 Å². The first kappa shape index (κ1) is 16.4. The quantitative estimate of drug-likeness (QED) is 0.915. The highest BCUT2D eigenvalue weighted by molar-refractivity contribution is 6.30. The standard InChI is InChI=1S/C20H22ClN3O/c1-14(22-19-13-23-9-7-15(19)8-10-23)16-5-6-20(25)24(12-16)18-4-2-3-17(21)11-18/h2-6,11-12,15,19,22H,1,7-10,13H2. The lowest BCUT2D eigenvalue weighted by atomic mass is 9.84. The van der Waals surface area contributed by atoms with Gasteiger partial charge in [-0.25, -0.2) is 0 Å². The van der Waals surface area contributed by atoms with Crippen LogP contribution in [0.1, 0.15) is 18.4 Å². The van der Waals surface area contributed by atoms with Crippen molar-refractivity contribution in [3.8, 4) is 5.69 Å². The van der Waals surface area contributed by atoms with Gasteiger partial charge < -0.3 is 10.2 Å². The number of piperidine rings is 3. The van der Waals surface area contributed by atoms with Gasteiger partial charge in [0, 0.05) is 41.1 Å². The molecule has 1 unspecified atom stereocenters. The topological polar surface area (TPSA) is 37.3 Å². The van der Waals surface area contributed by atoms with Crippen LogP contribution in [0.4, 0.5) is 0 Å². The number of rotatable bonds is 4. The van der Waals surface area contributed by atoms with Gasteiger partial charge in [0.25, 0.3) is 5.56 Å². The van der Waals surface area contributed by atoms with Crippen molar-refractivity contribution >= 4 is 17.3 Å². The molecule has 0 saturated carbocycles. The maximum Gasteiger partial charge on any atom is 0.255 e. The van der Waals surface area contributed by atoms with Gasteiger partial charge in [-0.2, -0.15) is 0 Å². The van der Waals surface area contributed by atoms with Crippen LogP contribution in [-0.4, -0.2) is 35.1 Å². The maximum atomic E-state index is 12.3. The second-order valence-corrected chi connectivity index (χ2v) is 7.41. The van der Waals surface area contributed by atoms with Gasteiger partial charge in [-0.15, -0.1) is 0 Å². The molecule has 4 heterocycles. The molecule has 3 aliphatic rings. The molecule has 25 heavy (non-hydrogen) atoms. The third-order valence-corrected chi connectivity index (χ3v) is 5.60. The zero-order valence-corrected chi connectivity index (χ0v) is 14.9. The minimum absolute atomic E-state index is 0.0818. The van der Waals surface area contributed by atoms with Crippen molar-refractivity contribution in [3.05, 3.63) is 70.1 Å². The normalized spacial score (nSPS) is 24.9. The van der Waals surface area contributed by atoms with Crippen molar-refractivity contribution in [2.24, 2.45) is 5.92 Å². The summed E-state index contributed by atoms with van der Waals surface area (Å²) in [7, 11) is 0. The fourth-order valence-electron chi connectivity index (χ4n) is 3.93. The number of fused-ring (bicyclic) bond motifs is 3. The first-order valence-electron chi connectivity index (χ1n) is 8.77. The van der Waals surface area contributed by atoms with Crippen LogP contribution >= 0.6 is 11.6 Å². The molecule has 5 rings (SSSR count). The molecule has 2 aromatic rings. The summed E-state index contributed by atoms with van der Waals surface area (Å²) in [5.41, 5.74) is 2.47. The minimum Gasteiger partial charge on any atom is -0.381 e. The van der Waals surface area contributed by atoms with Crippen LogP contribution in [0.3, 0.4) is 0 Å². The first-order chi connectivity index (χ1) is 12.1. The van der Waals surface area contributed by atoms with E-state index in [0.29, 0.717) is 11.1 Å². The van der Waals surface area contributed by atoms with Gasteiger partial charge in [0.2, 0.25) is 0 Å². The monoisotopic (exact) mass is 355 g/mol. The zero-order chi connectivity index (χ0) is 17.4. The summed E-state index contributed by atoms with van der Waals surface area (Å²) in [6.45, 7) is 7.73. The number of benzene rings is 1. The molecule has 1 aromatic carbocycles. The molecular weight excluding hydrogens is 334 g/mol. The zero-order valence-electron chi connectivity index (χ0n) is 14.1. The van der Waals surface area contributed by atoms with Gasteiger partial charge >= 0.3 is 0 Å². The molecule has 4 nitrogen and oxygen atoms in total. The van der Waals surface area contributed by atoms with E-state index in [1.165, 1.54) is 25.9 Å². The number of hydrogen-bond acceptors (Lipinski definition) is 3. The SMILES string of the molecule is C=C(NC1CN2CCC1CC2)c1ccc(=O)n(-c2cccc(Cl)c2)c1. The molecule has 1 aromatic heterocycles. The molecule has 5 heteroatoms. The maximum absolute atomic E-state index is 12.3. The van der Waals surface area contributed by atoms with E-state index in [1.54, 1.807) is 22.8 Å². The first-order valence-corrected chi connectivity index (χ1v) is 9.15. The van der Waals surface area contributed by atoms with Crippen LogP contribution < -0.4 is 10.9 Å².